The number of nitrogens with two attached hydrogens (primary N) is 1. The molecule has 0 spiro atoms. The lowest BCUT2D eigenvalue weighted by Gasteiger charge is -2.13. The Morgan fingerprint density at radius 3 is 2.45 bits per heavy atom. The Labute approximate surface area is 65.9 Å². The quantitative estimate of drug-likeness (QED) is 0.647. The Balaban J connectivity index is 2.77. The maximum atomic E-state index is 9.44. The minimum absolute atomic E-state index is 0.239. The summed E-state index contributed by atoms with van der Waals surface area (Å²) < 4.78 is 0. The van der Waals surface area contributed by atoms with E-state index in [0.717, 1.165) is 5.56 Å². The van der Waals surface area contributed by atoms with E-state index >= 15 is 0 Å². The van der Waals surface area contributed by atoms with Gasteiger partial charge in [0, 0.05) is 18.4 Å². The molecule has 3 N–H and O–H groups in total. The number of hydrogen-bond donors (Lipinski definition) is 2. The van der Waals surface area contributed by atoms with Gasteiger partial charge in [-0.3, -0.25) is 4.98 Å². The fourth-order valence-corrected chi connectivity index (χ4v) is 0.864. The summed E-state index contributed by atoms with van der Waals surface area (Å²) in [6, 6.07) is 3.28. The molecule has 0 saturated carbocycles. The predicted octanol–water partition coefficient (Wildman–Crippen LogP) is 0.462. The highest BCUT2D eigenvalue weighted by atomic mass is 16.3. The Morgan fingerprint density at radius 1 is 1.45 bits per heavy atom. The van der Waals surface area contributed by atoms with Crippen molar-refractivity contribution in [2.75, 3.05) is 0 Å². The van der Waals surface area contributed by atoms with Crippen LogP contribution in [0.1, 0.15) is 18.6 Å². The molecule has 3 heteroatoms. The first kappa shape index (κ1) is 8.17. The average molecular weight is 152 g/mol. The van der Waals surface area contributed by atoms with E-state index in [1.807, 2.05) is 0 Å². The molecule has 11 heavy (non-hydrogen) atoms. The van der Waals surface area contributed by atoms with Gasteiger partial charge in [0.1, 0.15) is 0 Å². The number of nitrogens with zero attached hydrogens (tertiary/aromatic N) is 1. The van der Waals surface area contributed by atoms with E-state index in [-0.39, 0.29) is 6.04 Å². The van der Waals surface area contributed by atoms with Crippen LogP contribution in [0.25, 0.3) is 0 Å². The molecule has 1 aromatic rings. The minimum Gasteiger partial charge on any atom is -0.387 e. The molecule has 0 bridgehead atoms. The van der Waals surface area contributed by atoms with Crippen LogP contribution >= 0.6 is 0 Å². The van der Waals surface area contributed by atoms with Gasteiger partial charge in [0.15, 0.2) is 0 Å². The second-order valence-corrected chi connectivity index (χ2v) is 2.58. The van der Waals surface area contributed by atoms with E-state index in [1.165, 1.54) is 0 Å². The largest absolute Gasteiger partial charge is 0.387 e. The van der Waals surface area contributed by atoms with Crippen molar-refractivity contribution in [2.45, 2.75) is 19.1 Å². The molecule has 0 aliphatic rings. The fraction of sp³-hybridized carbons (Fsp3) is 0.375. The van der Waals surface area contributed by atoms with Gasteiger partial charge < -0.3 is 10.8 Å². The molecule has 60 valence electrons. The highest BCUT2D eigenvalue weighted by molar-refractivity contribution is 5.14. The molecule has 0 saturated heterocycles. The van der Waals surface area contributed by atoms with Gasteiger partial charge in [-0.05, 0) is 24.6 Å². The maximum Gasteiger partial charge on any atom is 0.0939 e. The van der Waals surface area contributed by atoms with Crippen molar-refractivity contribution in [1.82, 2.24) is 4.98 Å². The highest BCUT2D eigenvalue weighted by Crippen LogP contribution is 2.12. The summed E-state index contributed by atoms with van der Waals surface area (Å²) in [5.41, 5.74) is 6.31. The predicted molar refractivity (Wildman–Crippen MR) is 42.8 cm³/mol. The first-order valence-electron chi connectivity index (χ1n) is 3.55. The standard InChI is InChI=1S/C8H12N2O/c1-6(9)8(11)7-2-4-10-5-3-7/h2-6,8,11H,9H2,1H3/t6-,8+/m0/s1. The van der Waals surface area contributed by atoms with Gasteiger partial charge in [0.25, 0.3) is 0 Å². The Bertz CT molecular complexity index is 211. The zero-order valence-corrected chi connectivity index (χ0v) is 6.44. The van der Waals surface area contributed by atoms with E-state index in [1.54, 1.807) is 31.5 Å². The van der Waals surface area contributed by atoms with E-state index in [4.69, 9.17) is 5.73 Å². The van der Waals surface area contributed by atoms with Crippen LogP contribution < -0.4 is 5.73 Å². The molecular weight excluding hydrogens is 140 g/mol. The minimum atomic E-state index is -0.585. The summed E-state index contributed by atoms with van der Waals surface area (Å²) in [6.07, 6.45) is 2.69. The normalized spacial score (nSPS) is 15.9. The van der Waals surface area contributed by atoms with Crippen molar-refractivity contribution in [3.05, 3.63) is 30.1 Å². The van der Waals surface area contributed by atoms with Gasteiger partial charge in [-0.15, -0.1) is 0 Å². The lowest BCUT2D eigenvalue weighted by atomic mass is 10.1. The molecule has 0 amide bonds. The molecular formula is C8H12N2O. The molecule has 0 radical (unpaired) electrons. The Kier molecular flexibility index (Phi) is 2.57. The van der Waals surface area contributed by atoms with Crippen molar-refractivity contribution >= 4 is 0 Å². The molecule has 1 heterocycles. The average Bonchev–Trinajstić information content (AvgIpc) is 2.05. The molecule has 0 aliphatic heterocycles. The lowest BCUT2D eigenvalue weighted by molar-refractivity contribution is 0.153. The number of aliphatic hydroxyl groups is 1. The second kappa shape index (κ2) is 3.46. The fourth-order valence-electron chi connectivity index (χ4n) is 0.864. The number of pyridine rings is 1. The summed E-state index contributed by atoms with van der Waals surface area (Å²) in [5, 5.41) is 9.44. The Hall–Kier alpha value is -0.930. The molecule has 0 fully saturated rings. The van der Waals surface area contributed by atoms with Crippen molar-refractivity contribution in [3.8, 4) is 0 Å². The zero-order valence-electron chi connectivity index (χ0n) is 6.44. The van der Waals surface area contributed by atoms with Crippen molar-refractivity contribution in [2.24, 2.45) is 5.73 Å². The summed E-state index contributed by atoms with van der Waals surface area (Å²) in [5.74, 6) is 0. The van der Waals surface area contributed by atoms with Crippen LogP contribution in [0.2, 0.25) is 0 Å². The van der Waals surface area contributed by atoms with Crippen LogP contribution in [0.15, 0.2) is 24.5 Å². The van der Waals surface area contributed by atoms with E-state index in [0.29, 0.717) is 0 Å². The van der Waals surface area contributed by atoms with Crippen molar-refractivity contribution < 1.29 is 5.11 Å². The van der Waals surface area contributed by atoms with Crippen LogP contribution in [0.5, 0.6) is 0 Å². The number of rotatable bonds is 2. The van der Waals surface area contributed by atoms with Gasteiger partial charge in [0.05, 0.1) is 6.10 Å². The van der Waals surface area contributed by atoms with Crippen molar-refractivity contribution in [1.29, 1.82) is 0 Å². The molecule has 0 aromatic carbocycles. The maximum absolute atomic E-state index is 9.44. The van der Waals surface area contributed by atoms with Gasteiger partial charge in [0.2, 0.25) is 0 Å². The third-order valence-corrected chi connectivity index (χ3v) is 1.55. The number of aromatic nitrogens is 1. The van der Waals surface area contributed by atoms with E-state index in [9.17, 15) is 5.11 Å². The van der Waals surface area contributed by atoms with Crippen LogP contribution in [0.4, 0.5) is 0 Å². The monoisotopic (exact) mass is 152 g/mol. The van der Waals surface area contributed by atoms with Crippen LogP contribution in [-0.4, -0.2) is 16.1 Å². The van der Waals surface area contributed by atoms with Crippen LogP contribution in [-0.2, 0) is 0 Å². The summed E-state index contributed by atoms with van der Waals surface area (Å²) in [4.78, 5) is 3.84. The smallest absolute Gasteiger partial charge is 0.0939 e. The van der Waals surface area contributed by atoms with Gasteiger partial charge >= 0.3 is 0 Å². The third kappa shape index (κ3) is 2.00. The molecule has 3 nitrogen and oxygen atoms in total. The molecule has 2 atom stereocenters. The molecule has 0 aliphatic carbocycles. The topological polar surface area (TPSA) is 59.1 Å². The van der Waals surface area contributed by atoms with Gasteiger partial charge in [-0.25, -0.2) is 0 Å². The van der Waals surface area contributed by atoms with Gasteiger partial charge in [-0.1, -0.05) is 0 Å². The summed E-state index contributed by atoms with van der Waals surface area (Å²) in [7, 11) is 0. The third-order valence-electron chi connectivity index (χ3n) is 1.55. The molecule has 1 rings (SSSR count). The second-order valence-electron chi connectivity index (χ2n) is 2.58. The first-order valence-corrected chi connectivity index (χ1v) is 3.55. The molecule has 1 aromatic heterocycles. The van der Waals surface area contributed by atoms with E-state index < -0.39 is 6.10 Å². The Morgan fingerprint density at radius 2 is 2.00 bits per heavy atom. The number of hydrogen-bond acceptors (Lipinski definition) is 3. The number of aliphatic hydroxyl groups excluding tert-OH is 1. The zero-order chi connectivity index (χ0) is 8.27. The summed E-state index contributed by atoms with van der Waals surface area (Å²) >= 11 is 0. The lowest BCUT2D eigenvalue weighted by Crippen LogP contribution is -2.24. The summed E-state index contributed by atoms with van der Waals surface area (Å²) in [6.45, 7) is 1.77. The van der Waals surface area contributed by atoms with E-state index in [2.05, 4.69) is 4.98 Å². The SMILES string of the molecule is C[C@H](N)[C@@H](O)c1ccncc1. The van der Waals surface area contributed by atoms with Crippen LogP contribution in [0, 0.1) is 0 Å². The van der Waals surface area contributed by atoms with Crippen LogP contribution in [0.3, 0.4) is 0 Å². The van der Waals surface area contributed by atoms with Gasteiger partial charge in [-0.2, -0.15) is 0 Å². The first-order chi connectivity index (χ1) is 5.22. The molecule has 0 unspecified atom stereocenters. The van der Waals surface area contributed by atoms with Crippen molar-refractivity contribution in [3.63, 3.8) is 0 Å². The highest BCUT2D eigenvalue weighted by Gasteiger charge is 2.10.